The van der Waals surface area contributed by atoms with Gasteiger partial charge in [-0.2, -0.15) is 0 Å². The number of hydrogen-bond donors (Lipinski definition) is 1. The molecule has 0 aliphatic rings. The van der Waals surface area contributed by atoms with Gasteiger partial charge in [-0.1, -0.05) is 35.9 Å². The van der Waals surface area contributed by atoms with Crippen molar-refractivity contribution in [2.24, 2.45) is 0 Å². The molecule has 2 aromatic carbocycles. The summed E-state index contributed by atoms with van der Waals surface area (Å²) in [6, 6.07) is 18.7. The number of fused-ring (bicyclic) bond motifs is 1. The number of ether oxygens (including phenoxy) is 1. The van der Waals surface area contributed by atoms with Crippen molar-refractivity contribution in [3.63, 3.8) is 0 Å². The average molecular weight is 378 g/mol. The van der Waals surface area contributed by atoms with E-state index in [1.54, 1.807) is 29.8 Å². The quantitative estimate of drug-likeness (QED) is 0.549. The first-order valence-corrected chi connectivity index (χ1v) is 8.71. The number of nitrogens with one attached hydrogen (secondary N) is 1. The van der Waals surface area contributed by atoms with Crippen LogP contribution in [0, 0.1) is 0 Å². The van der Waals surface area contributed by atoms with Gasteiger partial charge in [-0.15, -0.1) is 0 Å². The molecule has 0 atom stereocenters. The highest BCUT2D eigenvalue weighted by Gasteiger charge is 2.14. The predicted molar refractivity (Wildman–Crippen MR) is 107 cm³/mol. The Morgan fingerprint density at radius 3 is 2.74 bits per heavy atom. The second-order valence-corrected chi connectivity index (χ2v) is 6.36. The van der Waals surface area contributed by atoms with Gasteiger partial charge in [-0.25, -0.2) is 4.98 Å². The van der Waals surface area contributed by atoms with Crippen LogP contribution in [0.3, 0.4) is 0 Å². The van der Waals surface area contributed by atoms with Crippen LogP contribution < -0.4 is 10.1 Å². The fraction of sp³-hybridized carbons (Fsp3) is 0.0476. The monoisotopic (exact) mass is 377 g/mol. The van der Waals surface area contributed by atoms with E-state index in [-0.39, 0.29) is 5.91 Å². The number of hydrogen-bond acceptors (Lipinski definition) is 3. The number of imidazole rings is 1. The molecule has 134 valence electrons. The van der Waals surface area contributed by atoms with E-state index in [9.17, 15) is 4.79 Å². The van der Waals surface area contributed by atoms with Crippen LogP contribution in [-0.2, 0) is 0 Å². The molecule has 4 rings (SSSR count). The van der Waals surface area contributed by atoms with Gasteiger partial charge >= 0.3 is 0 Å². The molecule has 4 aromatic rings. The number of benzene rings is 2. The van der Waals surface area contributed by atoms with E-state index in [4.69, 9.17) is 16.3 Å². The molecule has 0 fully saturated rings. The molecule has 1 N–H and O–H groups in total. The molecule has 2 heterocycles. The SMILES string of the molecule is COc1cccc(-c2ccc3ncc(C(=O)Nc4ccccc4Cl)n3c2)c1. The Balaban J connectivity index is 1.72. The fourth-order valence-corrected chi connectivity index (χ4v) is 3.05. The molecule has 0 spiro atoms. The topological polar surface area (TPSA) is 55.6 Å². The van der Waals surface area contributed by atoms with Crippen molar-refractivity contribution in [1.29, 1.82) is 0 Å². The van der Waals surface area contributed by atoms with Crippen LogP contribution in [0.5, 0.6) is 5.75 Å². The second-order valence-electron chi connectivity index (χ2n) is 5.96. The number of pyridine rings is 1. The lowest BCUT2D eigenvalue weighted by molar-refractivity contribution is 0.102. The zero-order valence-electron chi connectivity index (χ0n) is 14.5. The average Bonchev–Trinajstić information content (AvgIpc) is 3.13. The van der Waals surface area contributed by atoms with Crippen LogP contribution in [0.15, 0.2) is 73.1 Å². The summed E-state index contributed by atoms with van der Waals surface area (Å²) in [5.74, 6) is 0.494. The van der Waals surface area contributed by atoms with Gasteiger partial charge in [0.15, 0.2) is 0 Å². The van der Waals surface area contributed by atoms with Crippen LogP contribution in [0.1, 0.15) is 10.5 Å². The maximum absolute atomic E-state index is 12.7. The van der Waals surface area contributed by atoms with Crippen molar-refractivity contribution >= 4 is 28.8 Å². The molecule has 0 radical (unpaired) electrons. The molecule has 6 heteroatoms. The van der Waals surface area contributed by atoms with Gasteiger partial charge in [0.05, 0.1) is 24.0 Å². The second kappa shape index (κ2) is 7.13. The highest BCUT2D eigenvalue weighted by atomic mass is 35.5. The number of halogens is 1. The number of carbonyl (C=O) groups is 1. The number of rotatable bonds is 4. The van der Waals surface area contributed by atoms with Gasteiger partial charge < -0.3 is 10.1 Å². The van der Waals surface area contributed by atoms with Crippen molar-refractivity contribution < 1.29 is 9.53 Å². The molecule has 0 bridgehead atoms. The minimum absolute atomic E-state index is 0.279. The first-order valence-electron chi connectivity index (χ1n) is 8.33. The van der Waals surface area contributed by atoms with E-state index in [2.05, 4.69) is 10.3 Å². The summed E-state index contributed by atoms with van der Waals surface area (Å²) < 4.78 is 7.06. The number of carbonyl (C=O) groups excluding carboxylic acids is 1. The molecule has 0 aliphatic carbocycles. The van der Waals surface area contributed by atoms with Gasteiger partial charge in [0.2, 0.25) is 0 Å². The Labute approximate surface area is 161 Å². The highest BCUT2D eigenvalue weighted by molar-refractivity contribution is 6.33. The first-order chi connectivity index (χ1) is 13.2. The van der Waals surface area contributed by atoms with Gasteiger partial charge in [0.25, 0.3) is 5.91 Å². The summed E-state index contributed by atoms with van der Waals surface area (Å²) in [7, 11) is 1.63. The van der Waals surface area contributed by atoms with E-state index in [1.807, 2.05) is 54.7 Å². The van der Waals surface area contributed by atoms with E-state index in [1.165, 1.54) is 0 Å². The molecule has 0 saturated heterocycles. The lowest BCUT2D eigenvalue weighted by Crippen LogP contribution is -2.14. The van der Waals surface area contributed by atoms with E-state index >= 15 is 0 Å². The summed E-state index contributed by atoms with van der Waals surface area (Å²) in [6.07, 6.45) is 3.44. The van der Waals surface area contributed by atoms with Gasteiger partial charge in [-0.3, -0.25) is 9.20 Å². The first kappa shape index (κ1) is 17.1. The largest absolute Gasteiger partial charge is 0.497 e. The molecule has 5 nitrogen and oxygen atoms in total. The van der Waals surface area contributed by atoms with Crippen LogP contribution in [-0.4, -0.2) is 22.4 Å². The highest BCUT2D eigenvalue weighted by Crippen LogP contribution is 2.25. The fourth-order valence-electron chi connectivity index (χ4n) is 2.87. The number of nitrogens with zero attached hydrogens (tertiary/aromatic N) is 2. The van der Waals surface area contributed by atoms with Crippen molar-refractivity contribution in [2.75, 3.05) is 12.4 Å². The van der Waals surface area contributed by atoms with Gasteiger partial charge in [-0.05, 0) is 47.5 Å². The molecular formula is C21H16ClN3O2. The molecule has 0 unspecified atom stereocenters. The third kappa shape index (κ3) is 3.37. The Hall–Kier alpha value is -3.31. The van der Waals surface area contributed by atoms with E-state index in [0.717, 1.165) is 16.9 Å². The van der Waals surface area contributed by atoms with Crippen molar-refractivity contribution in [1.82, 2.24) is 9.38 Å². The molecular weight excluding hydrogens is 362 g/mol. The lowest BCUT2D eigenvalue weighted by Gasteiger charge is -2.08. The number of amides is 1. The smallest absolute Gasteiger partial charge is 0.274 e. The number of anilines is 1. The van der Waals surface area contributed by atoms with Crippen molar-refractivity contribution in [3.05, 3.63) is 83.8 Å². The lowest BCUT2D eigenvalue weighted by atomic mass is 10.1. The zero-order valence-corrected chi connectivity index (χ0v) is 15.3. The Morgan fingerprint density at radius 2 is 1.93 bits per heavy atom. The zero-order chi connectivity index (χ0) is 18.8. The summed E-state index contributed by atoms with van der Waals surface area (Å²) in [5.41, 5.74) is 3.61. The maximum atomic E-state index is 12.7. The molecule has 0 aliphatic heterocycles. The van der Waals surface area contributed by atoms with E-state index < -0.39 is 0 Å². The minimum Gasteiger partial charge on any atom is -0.497 e. The van der Waals surface area contributed by atoms with Crippen LogP contribution in [0.25, 0.3) is 16.8 Å². The van der Waals surface area contributed by atoms with Crippen LogP contribution >= 0.6 is 11.6 Å². The molecule has 2 aromatic heterocycles. The Kier molecular flexibility index (Phi) is 4.52. The summed E-state index contributed by atoms with van der Waals surface area (Å²) in [6.45, 7) is 0. The summed E-state index contributed by atoms with van der Waals surface area (Å²) in [4.78, 5) is 17.1. The maximum Gasteiger partial charge on any atom is 0.274 e. The summed E-state index contributed by atoms with van der Waals surface area (Å²) in [5, 5.41) is 3.31. The van der Waals surface area contributed by atoms with Crippen molar-refractivity contribution in [3.8, 4) is 16.9 Å². The number of para-hydroxylation sites is 1. The van der Waals surface area contributed by atoms with Crippen molar-refractivity contribution in [2.45, 2.75) is 0 Å². The molecule has 27 heavy (non-hydrogen) atoms. The van der Waals surface area contributed by atoms with E-state index in [0.29, 0.717) is 22.1 Å². The minimum atomic E-state index is -0.279. The molecule has 1 amide bonds. The van der Waals surface area contributed by atoms with Gasteiger partial charge in [0, 0.05) is 6.20 Å². The number of aromatic nitrogens is 2. The third-order valence-corrected chi connectivity index (χ3v) is 4.59. The molecule has 0 saturated carbocycles. The van der Waals surface area contributed by atoms with Crippen LogP contribution in [0.4, 0.5) is 5.69 Å². The standard InChI is InChI=1S/C21H16ClN3O2/c1-27-16-6-4-5-14(11-16)15-9-10-20-23-12-19(25(20)13-15)21(26)24-18-8-3-2-7-17(18)22/h2-13H,1H3,(H,24,26). The third-order valence-electron chi connectivity index (χ3n) is 4.26. The van der Waals surface area contributed by atoms with Crippen LogP contribution in [0.2, 0.25) is 5.02 Å². The summed E-state index contributed by atoms with van der Waals surface area (Å²) >= 11 is 6.13. The Bertz CT molecular complexity index is 1140. The predicted octanol–water partition coefficient (Wildman–Crippen LogP) is 4.92. The Morgan fingerprint density at radius 1 is 1.07 bits per heavy atom. The number of methoxy groups -OCH3 is 1. The van der Waals surface area contributed by atoms with Gasteiger partial charge in [0.1, 0.15) is 17.1 Å². The normalized spacial score (nSPS) is 10.7.